The normalized spacial score (nSPS) is 23.7. The van der Waals surface area contributed by atoms with Gasteiger partial charge in [-0.05, 0) is 68.3 Å². The Morgan fingerprint density at radius 1 is 1.03 bits per heavy atom. The van der Waals surface area contributed by atoms with Gasteiger partial charge in [-0.3, -0.25) is 4.90 Å². The van der Waals surface area contributed by atoms with Crippen molar-refractivity contribution in [3.05, 3.63) is 60.0 Å². The number of anilines is 1. The van der Waals surface area contributed by atoms with Crippen LogP contribution in [0.15, 0.2) is 53.6 Å². The Hall–Kier alpha value is -2.78. The van der Waals surface area contributed by atoms with Crippen LogP contribution in [0.2, 0.25) is 0 Å². The smallest absolute Gasteiger partial charge is 0.216 e. The number of aryl methyl sites for hydroxylation is 1. The van der Waals surface area contributed by atoms with E-state index in [4.69, 9.17) is 5.10 Å². The minimum absolute atomic E-state index is 0.256. The van der Waals surface area contributed by atoms with Crippen molar-refractivity contribution >= 4 is 15.5 Å². The summed E-state index contributed by atoms with van der Waals surface area (Å²) in [6.45, 7) is 3.06. The van der Waals surface area contributed by atoms with Gasteiger partial charge in [0.25, 0.3) is 0 Å². The van der Waals surface area contributed by atoms with Gasteiger partial charge in [-0.1, -0.05) is 6.08 Å². The van der Waals surface area contributed by atoms with Crippen LogP contribution < -0.4 is 10.2 Å². The van der Waals surface area contributed by atoms with Gasteiger partial charge in [-0.15, -0.1) is 0 Å². The van der Waals surface area contributed by atoms with E-state index in [1.165, 1.54) is 6.26 Å². The molecule has 3 aliphatic rings. The molecule has 2 aliphatic heterocycles. The molecule has 2 N–H and O–H groups in total. The minimum atomic E-state index is -3.20. The van der Waals surface area contributed by atoms with Crippen LogP contribution in [0.5, 0.6) is 5.88 Å². The molecule has 0 bridgehead atoms. The van der Waals surface area contributed by atoms with Gasteiger partial charge >= 0.3 is 0 Å². The van der Waals surface area contributed by atoms with Crippen molar-refractivity contribution < 1.29 is 13.5 Å². The maximum absolute atomic E-state index is 11.7. The molecule has 0 spiro atoms. The molecule has 2 aromatic rings. The third kappa shape index (κ3) is 3.59. The molecule has 8 nitrogen and oxygen atoms in total. The summed E-state index contributed by atoms with van der Waals surface area (Å²) >= 11 is 0. The molecule has 1 unspecified atom stereocenters. The standard InChI is InChI=1S/C23H29N5O3S/c1-32(30,31)19-10-8-18(9-11-19)26-14-16-27(17-15-26)23(12-4-5-13-24-23)28-22(29)20-6-2-3-7-21(20)25-28/h4-5,8-13,24,29H,2-3,6-7,14-17H2,1H3. The second kappa shape index (κ2) is 7.97. The summed E-state index contributed by atoms with van der Waals surface area (Å²) in [5, 5.41) is 19.4. The molecule has 5 rings (SSSR count). The molecule has 170 valence electrons. The zero-order valence-corrected chi connectivity index (χ0v) is 19.1. The summed E-state index contributed by atoms with van der Waals surface area (Å²) in [6.07, 6.45) is 13.1. The maximum Gasteiger partial charge on any atom is 0.216 e. The van der Waals surface area contributed by atoms with E-state index in [0.717, 1.165) is 68.8 Å². The number of hydrogen-bond donors (Lipinski definition) is 2. The fraction of sp³-hybridized carbons (Fsp3) is 0.435. The first kappa shape index (κ1) is 21.1. The largest absolute Gasteiger partial charge is 0.493 e. The van der Waals surface area contributed by atoms with E-state index >= 15 is 0 Å². The predicted octanol–water partition coefficient (Wildman–Crippen LogP) is 1.98. The van der Waals surface area contributed by atoms with Crippen LogP contribution in [0.3, 0.4) is 0 Å². The molecule has 1 fully saturated rings. The number of benzene rings is 1. The maximum atomic E-state index is 11.7. The van der Waals surface area contributed by atoms with Crippen molar-refractivity contribution in [3.63, 3.8) is 0 Å². The number of rotatable bonds is 4. The first-order valence-corrected chi connectivity index (χ1v) is 13.0. The average molecular weight is 456 g/mol. The van der Waals surface area contributed by atoms with Crippen molar-refractivity contribution in [2.45, 2.75) is 36.4 Å². The van der Waals surface area contributed by atoms with E-state index in [1.807, 2.05) is 30.5 Å². The molecule has 1 aromatic carbocycles. The van der Waals surface area contributed by atoms with Gasteiger partial charge in [0, 0.05) is 43.7 Å². The molecular formula is C23H29N5O3S. The number of aromatic nitrogens is 2. The topological polar surface area (TPSA) is 90.7 Å². The van der Waals surface area contributed by atoms with Crippen LogP contribution in [0, 0.1) is 0 Å². The average Bonchev–Trinajstić information content (AvgIpc) is 3.16. The minimum Gasteiger partial charge on any atom is -0.493 e. The Kier molecular flexibility index (Phi) is 5.25. The number of fused-ring (bicyclic) bond motifs is 1. The van der Waals surface area contributed by atoms with E-state index < -0.39 is 15.6 Å². The van der Waals surface area contributed by atoms with E-state index in [1.54, 1.807) is 16.8 Å². The van der Waals surface area contributed by atoms with E-state index in [0.29, 0.717) is 4.90 Å². The lowest BCUT2D eigenvalue weighted by Gasteiger charge is -2.47. The molecule has 9 heteroatoms. The van der Waals surface area contributed by atoms with Gasteiger partial charge in [-0.2, -0.15) is 9.78 Å². The number of hydrogen-bond acceptors (Lipinski definition) is 7. The molecule has 1 saturated heterocycles. The Morgan fingerprint density at radius 2 is 1.75 bits per heavy atom. The molecule has 1 atom stereocenters. The van der Waals surface area contributed by atoms with Crippen molar-refractivity contribution in [2.75, 3.05) is 37.3 Å². The number of dihydropyridines is 1. The van der Waals surface area contributed by atoms with Crippen LogP contribution in [0.4, 0.5) is 5.69 Å². The summed E-state index contributed by atoms with van der Waals surface area (Å²) in [5.74, 6) is -0.492. The zero-order chi connectivity index (χ0) is 22.3. The van der Waals surface area contributed by atoms with Crippen molar-refractivity contribution in [2.24, 2.45) is 0 Å². The van der Waals surface area contributed by atoms with Gasteiger partial charge in [0.15, 0.2) is 9.84 Å². The number of nitrogens with zero attached hydrogens (tertiary/aromatic N) is 4. The predicted molar refractivity (Wildman–Crippen MR) is 123 cm³/mol. The van der Waals surface area contributed by atoms with Crippen molar-refractivity contribution in [3.8, 4) is 5.88 Å². The van der Waals surface area contributed by atoms with Crippen LogP contribution in [-0.4, -0.2) is 60.6 Å². The highest BCUT2D eigenvalue weighted by molar-refractivity contribution is 7.90. The SMILES string of the molecule is CS(=O)(=O)c1ccc(N2CCN(C3(n4nc5c(c4O)CCCC5)C=CC=CN3)CC2)cc1. The van der Waals surface area contributed by atoms with Crippen molar-refractivity contribution in [1.82, 2.24) is 20.0 Å². The third-order valence-electron chi connectivity index (χ3n) is 6.68. The Balaban J connectivity index is 1.39. The monoisotopic (exact) mass is 455 g/mol. The Morgan fingerprint density at radius 3 is 2.38 bits per heavy atom. The quantitative estimate of drug-likeness (QED) is 0.729. The first-order chi connectivity index (χ1) is 15.4. The molecule has 3 heterocycles. The molecule has 0 saturated carbocycles. The first-order valence-electron chi connectivity index (χ1n) is 11.1. The van der Waals surface area contributed by atoms with E-state index in [9.17, 15) is 13.5 Å². The van der Waals surface area contributed by atoms with Crippen LogP contribution in [-0.2, 0) is 28.5 Å². The highest BCUT2D eigenvalue weighted by Gasteiger charge is 2.42. The number of aromatic hydroxyl groups is 1. The van der Waals surface area contributed by atoms with E-state index in [2.05, 4.69) is 21.2 Å². The summed E-state index contributed by atoms with van der Waals surface area (Å²) in [7, 11) is -3.20. The van der Waals surface area contributed by atoms with Gasteiger partial charge in [-0.25, -0.2) is 8.42 Å². The Bertz CT molecular complexity index is 1160. The highest BCUT2D eigenvalue weighted by Crippen LogP contribution is 2.35. The van der Waals surface area contributed by atoms with Crippen LogP contribution in [0.25, 0.3) is 0 Å². The van der Waals surface area contributed by atoms with Gasteiger partial charge in [0.05, 0.1) is 10.6 Å². The number of allylic oxidation sites excluding steroid dienone is 2. The lowest BCUT2D eigenvalue weighted by molar-refractivity contribution is 0.0179. The zero-order valence-electron chi connectivity index (χ0n) is 18.2. The van der Waals surface area contributed by atoms with Gasteiger partial charge < -0.3 is 15.3 Å². The molecule has 0 amide bonds. The lowest BCUT2D eigenvalue weighted by atomic mass is 9.98. The fourth-order valence-corrected chi connectivity index (χ4v) is 5.54. The summed E-state index contributed by atoms with van der Waals surface area (Å²) in [4.78, 5) is 4.89. The number of nitrogens with one attached hydrogen (secondary N) is 1. The molecule has 0 radical (unpaired) electrons. The van der Waals surface area contributed by atoms with E-state index in [-0.39, 0.29) is 5.88 Å². The molecule has 1 aromatic heterocycles. The third-order valence-corrected chi connectivity index (χ3v) is 7.80. The molecule has 1 aliphatic carbocycles. The second-order valence-electron chi connectivity index (χ2n) is 8.70. The Labute approximate surface area is 188 Å². The second-order valence-corrected chi connectivity index (χ2v) is 10.7. The van der Waals surface area contributed by atoms with Crippen molar-refractivity contribution in [1.29, 1.82) is 0 Å². The molecular weight excluding hydrogens is 426 g/mol. The summed E-state index contributed by atoms with van der Waals surface area (Å²) in [6, 6.07) is 7.08. The summed E-state index contributed by atoms with van der Waals surface area (Å²) < 4.78 is 25.2. The summed E-state index contributed by atoms with van der Waals surface area (Å²) in [5.41, 5.74) is 2.99. The number of piperazine rings is 1. The lowest BCUT2D eigenvalue weighted by Crippen LogP contribution is -2.63. The van der Waals surface area contributed by atoms with Crippen LogP contribution >= 0.6 is 0 Å². The van der Waals surface area contributed by atoms with Crippen LogP contribution in [0.1, 0.15) is 24.1 Å². The molecule has 32 heavy (non-hydrogen) atoms. The fourth-order valence-electron chi connectivity index (χ4n) is 4.91. The number of sulfone groups is 1. The van der Waals surface area contributed by atoms with Gasteiger partial charge in [0.1, 0.15) is 0 Å². The highest BCUT2D eigenvalue weighted by atomic mass is 32.2. The van der Waals surface area contributed by atoms with Gasteiger partial charge in [0.2, 0.25) is 11.7 Å².